The van der Waals surface area contributed by atoms with Gasteiger partial charge in [-0.3, -0.25) is 14.4 Å². The van der Waals surface area contributed by atoms with Crippen LogP contribution in [-0.2, 0) is 20.8 Å². The molecule has 0 aromatic heterocycles. The predicted octanol–water partition coefficient (Wildman–Crippen LogP) is 1.86. The summed E-state index contributed by atoms with van der Waals surface area (Å²) in [6, 6.07) is 2.57. The SMILES string of the molecule is CCCC(=O)N[C@@H](Cc1cc(I)c(O)c(I)c1)C(=O)NCCCNCCCCNCCCNC(=O)[C@@H](N)CCCCN. The molecule has 1 rings (SSSR count). The van der Waals surface area contributed by atoms with Gasteiger partial charge in [0.15, 0.2) is 0 Å². The zero-order valence-corrected chi connectivity index (χ0v) is 29.2. The van der Waals surface area contributed by atoms with Crippen molar-refractivity contribution < 1.29 is 19.5 Å². The molecular weight excluding hydrogens is 764 g/mol. The van der Waals surface area contributed by atoms with Gasteiger partial charge in [-0.15, -0.1) is 0 Å². The summed E-state index contributed by atoms with van der Waals surface area (Å²) in [6.07, 6.45) is 7.63. The highest BCUT2D eigenvalue weighted by atomic mass is 127. The van der Waals surface area contributed by atoms with E-state index in [1.165, 1.54) is 0 Å². The smallest absolute Gasteiger partial charge is 0.242 e. The Hall–Kier alpha value is -1.27. The van der Waals surface area contributed by atoms with Crippen LogP contribution in [0.5, 0.6) is 5.75 Å². The van der Waals surface area contributed by atoms with Crippen LogP contribution in [0.3, 0.4) is 0 Å². The minimum absolute atomic E-state index is 0.0880. The van der Waals surface area contributed by atoms with E-state index in [0.29, 0.717) is 52.5 Å². The Balaban J connectivity index is 2.16. The van der Waals surface area contributed by atoms with Gasteiger partial charge < -0.3 is 43.2 Å². The molecule has 0 aliphatic heterocycles. The van der Waals surface area contributed by atoms with Crippen molar-refractivity contribution in [1.82, 2.24) is 26.6 Å². The van der Waals surface area contributed by atoms with Crippen molar-refractivity contribution >= 4 is 62.9 Å². The van der Waals surface area contributed by atoms with Gasteiger partial charge in [0, 0.05) is 25.9 Å². The van der Waals surface area contributed by atoms with Crippen molar-refractivity contribution in [2.45, 2.75) is 83.2 Å². The number of carbonyl (C=O) groups excluding carboxylic acids is 3. The first-order valence-corrected chi connectivity index (χ1v) is 17.2. The third-order valence-corrected chi connectivity index (χ3v) is 8.21. The van der Waals surface area contributed by atoms with E-state index in [4.69, 9.17) is 11.5 Å². The summed E-state index contributed by atoms with van der Waals surface area (Å²) in [5.74, 6) is -0.199. The lowest BCUT2D eigenvalue weighted by Gasteiger charge is -2.19. The largest absolute Gasteiger partial charge is 0.506 e. The number of amides is 3. The number of hydrogen-bond acceptors (Lipinski definition) is 8. The zero-order chi connectivity index (χ0) is 31.2. The molecule has 3 amide bonds. The Morgan fingerprint density at radius 1 is 0.833 bits per heavy atom. The van der Waals surface area contributed by atoms with E-state index < -0.39 is 12.1 Å². The lowest BCUT2D eigenvalue weighted by molar-refractivity contribution is -0.129. The minimum Gasteiger partial charge on any atom is -0.506 e. The summed E-state index contributed by atoms with van der Waals surface area (Å²) in [6.45, 7) is 7.17. The molecule has 0 heterocycles. The summed E-state index contributed by atoms with van der Waals surface area (Å²) in [5, 5.41) is 25.6. The van der Waals surface area contributed by atoms with Gasteiger partial charge in [0.1, 0.15) is 11.8 Å². The number of hydrogen-bond donors (Lipinski definition) is 8. The van der Waals surface area contributed by atoms with E-state index in [2.05, 4.69) is 71.8 Å². The monoisotopic (exact) mass is 815 g/mol. The van der Waals surface area contributed by atoms with Gasteiger partial charge in [0.25, 0.3) is 0 Å². The van der Waals surface area contributed by atoms with Crippen LogP contribution in [0.1, 0.15) is 70.3 Å². The highest BCUT2D eigenvalue weighted by molar-refractivity contribution is 14.1. The molecule has 1 aromatic carbocycles. The van der Waals surface area contributed by atoms with Crippen molar-refractivity contribution in [1.29, 1.82) is 0 Å². The summed E-state index contributed by atoms with van der Waals surface area (Å²) < 4.78 is 1.43. The Kier molecular flexibility index (Phi) is 22.2. The Labute approximate surface area is 278 Å². The first-order valence-electron chi connectivity index (χ1n) is 15.1. The number of benzene rings is 1. The highest BCUT2D eigenvalue weighted by Crippen LogP contribution is 2.27. The maximum Gasteiger partial charge on any atom is 0.242 e. The number of nitrogens with one attached hydrogen (secondary N) is 5. The van der Waals surface area contributed by atoms with Crippen LogP contribution in [0.15, 0.2) is 12.1 Å². The molecule has 0 fully saturated rings. The molecule has 0 saturated heterocycles. The molecule has 11 nitrogen and oxygen atoms in total. The molecule has 0 saturated carbocycles. The third kappa shape index (κ3) is 17.8. The van der Waals surface area contributed by atoms with Crippen molar-refractivity contribution in [3.8, 4) is 5.75 Å². The zero-order valence-electron chi connectivity index (χ0n) is 24.9. The number of aromatic hydroxyl groups is 1. The van der Waals surface area contributed by atoms with Crippen molar-refractivity contribution in [2.24, 2.45) is 11.5 Å². The molecule has 0 spiro atoms. The Morgan fingerprint density at radius 2 is 1.38 bits per heavy atom. The average Bonchev–Trinajstić information content (AvgIpc) is 2.95. The van der Waals surface area contributed by atoms with Gasteiger partial charge in [0.05, 0.1) is 13.2 Å². The molecule has 10 N–H and O–H groups in total. The number of phenolic OH excluding ortho intramolecular Hbond substituents is 1. The fourth-order valence-corrected chi connectivity index (χ4v) is 6.07. The normalized spacial score (nSPS) is 12.5. The van der Waals surface area contributed by atoms with Crippen LogP contribution in [0, 0.1) is 7.14 Å². The fraction of sp³-hybridized carbons (Fsp3) is 0.690. The minimum atomic E-state index is -0.666. The third-order valence-electron chi connectivity index (χ3n) is 6.57. The van der Waals surface area contributed by atoms with Gasteiger partial charge in [-0.25, -0.2) is 0 Å². The second kappa shape index (κ2) is 24.1. The van der Waals surface area contributed by atoms with Crippen LogP contribution >= 0.6 is 45.2 Å². The molecule has 0 radical (unpaired) electrons. The molecule has 240 valence electrons. The number of carbonyl (C=O) groups is 3. The number of nitrogens with two attached hydrogens (primary N) is 2. The van der Waals surface area contributed by atoms with Gasteiger partial charge in [0.2, 0.25) is 17.7 Å². The topological polar surface area (TPSA) is 184 Å². The van der Waals surface area contributed by atoms with Gasteiger partial charge in [-0.05, 0) is 141 Å². The van der Waals surface area contributed by atoms with Crippen LogP contribution in [0.2, 0.25) is 0 Å². The summed E-state index contributed by atoms with van der Waals surface area (Å²) >= 11 is 4.13. The maximum atomic E-state index is 12.9. The van der Waals surface area contributed by atoms with Crippen LogP contribution in [0.25, 0.3) is 0 Å². The molecule has 0 unspecified atom stereocenters. The molecule has 0 aliphatic carbocycles. The first kappa shape index (κ1) is 38.8. The number of unbranched alkanes of at least 4 members (excludes halogenated alkanes) is 2. The van der Waals surface area contributed by atoms with Crippen molar-refractivity contribution in [3.05, 3.63) is 24.8 Å². The van der Waals surface area contributed by atoms with Gasteiger partial charge in [-0.1, -0.05) is 13.3 Å². The highest BCUT2D eigenvalue weighted by Gasteiger charge is 2.21. The number of rotatable bonds is 24. The summed E-state index contributed by atoms with van der Waals surface area (Å²) in [4.78, 5) is 37.1. The van der Waals surface area contributed by atoms with Crippen molar-refractivity contribution in [3.63, 3.8) is 0 Å². The molecular formula is C29H51I2N7O4. The average molecular weight is 816 g/mol. The van der Waals surface area contributed by atoms with E-state index in [1.54, 1.807) is 0 Å². The van der Waals surface area contributed by atoms with E-state index in [0.717, 1.165) is 70.3 Å². The van der Waals surface area contributed by atoms with Gasteiger partial charge >= 0.3 is 0 Å². The second-order valence-corrected chi connectivity index (χ2v) is 12.7. The first-order chi connectivity index (χ1) is 20.2. The standard InChI is InChI=1S/C29H51I2N7O4/c1-2-9-26(39)38-25(20-21-18-22(30)27(40)23(31)19-21)29(42)37-17-8-15-35-13-6-5-12-34-14-7-16-36-28(41)24(33)10-3-4-11-32/h18-19,24-25,34-35,40H,2-17,20,32-33H2,1H3,(H,36,41)(H,37,42)(H,38,39)/t24-,25-/m0/s1. The second-order valence-electron chi connectivity index (χ2n) is 10.4. The lowest BCUT2D eigenvalue weighted by Crippen LogP contribution is -2.48. The molecule has 13 heteroatoms. The maximum absolute atomic E-state index is 12.9. The van der Waals surface area contributed by atoms with Crippen molar-refractivity contribution in [2.75, 3.05) is 45.8 Å². The number of phenols is 1. The molecule has 0 aliphatic rings. The molecule has 1 aromatic rings. The van der Waals surface area contributed by atoms with E-state index in [9.17, 15) is 19.5 Å². The van der Waals surface area contributed by atoms with Crippen LogP contribution < -0.4 is 38.1 Å². The fourth-order valence-electron chi connectivity index (χ4n) is 4.17. The van der Waals surface area contributed by atoms with E-state index >= 15 is 0 Å². The van der Waals surface area contributed by atoms with Crippen LogP contribution in [0.4, 0.5) is 0 Å². The Morgan fingerprint density at radius 3 is 1.93 bits per heavy atom. The summed E-state index contributed by atoms with van der Waals surface area (Å²) in [5.41, 5.74) is 12.2. The number of halogens is 2. The lowest BCUT2D eigenvalue weighted by atomic mass is 10.0. The van der Waals surface area contributed by atoms with Gasteiger partial charge in [-0.2, -0.15) is 0 Å². The Bertz CT molecular complexity index is 916. The molecule has 0 bridgehead atoms. The van der Waals surface area contributed by atoms with E-state index in [1.807, 2.05) is 19.1 Å². The molecule has 2 atom stereocenters. The van der Waals surface area contributed by atoms with E-state index in [-0.39, 0.29) is 23.5 Å². The molecule has 42 heavy (non-hydrogen) atoms. The predicted molar refractivity (Wildman–Crippen MR) is 185 cm³/mol. The van der Waals surface area contributed by atoms with Crippen LogP contribution in [-0.4, -0.2) is 80.7 Å². The quantitative estimate of drug-likeness (QED) is 0.0575. The summed E-state index contributed by atoms with van der Waals surface area (Å²) in [7, 11) is 0.